The first-order valence-electron chi connectivity index (χ1n) is 11.0. The molecule has 0 saturated carbocycles. The summed E-state index contributed by atoms with van der Waals surface area (Å²) >= 11 is 7.79. The largest absolute Gasteiger partial charge is 0.493 e. The minimum absolute atomic E-state index is 0.0354. The fraction of sp³-hybridized carbons (Fsp3) is 0.280. The van der Waals surface area contributed by atoms with Gasteiger partial charge in [0, 0.05) is 5.92 Å². The number of thioether (sulfide) groups is 1. The fourth-order valence-electron chi connectivity index (χ4n) is 3.31. The SMILES string of the molecule is COc1cc(/C=C2/C(=N)N3N=C(C(C)C)SC3=NC2=O)cc(Cl)c1OCCOc1ccc(C)cc1. The van der Waals surface area contributed by atoms with Gasteiger partial charge in [0.15, 0.2) is 17.3 Å². The van der Waals surface area contributed by atoms with Gasteiger partial charge in [-0.3, -0.25) is 10.2 Å². The average molecular weight is 513 g/mol. The van der Waals surface area contributed by atoms with Gasteiger partial charge < -0.3 is 14.2 Å². The molecule has 0 unspecified atom stereocenters. The Kier molecular flexibility index (Phi) is 7.47. The molecule has 10 heteroatoms. The highest BCUT2D eigenvalue weighted by atomic mass is 35.5. The summed E-state index contributed by atoms with van der Waals surface area (Å²) in [6, 6.07) is 11.1. The lowest BCUT2D eigenvalue weighted by molar-refractivity contribution is -0.114. The number of hydrazone groups is 1. The van der Waals surface area contributed by atoms with Crippen molar-refractivity contribution < 1.29 is 19.0 Å². The number of ether oxygens (including phenoxy) is 3. The number of halogens is 1. The third kappa shape index (κ3) is 5.52. The number of benzene rings is 2. The van der Waals surface area contributed by atoms with Crippen molar-refractivity contribution in [2.45, 2.75) is 20.8 Å². The summed E-state index contributed by atoms with van der Waals surface area (Å²) in [4.78, 5) is 16.8. The van der Waals surface area contributed by atoms with Gasteiger partial charge in [-0.05, 0) is 54.6 Å². The maximum atomic E-state index is 12.7. The summed E-state index contributed by atoms with van der Waals surface area (Å²) in [7, 11) is 1.51. The molecule has 8 nitrogen and oxygen atoms in total. The minimum Gasteiger partial charge on any atom is -0.493 e. The lowest BCUT2D eigenvalue weighted by atomic mass is 10.1. The summed E-state index contributed by atoms with van der Waals surface area (Å²) in [6.07, 6.45) is 1.55. The molecular formula is C25H25ClN4O4S. The molecule has 0 spiro atoms. The van der Waals surface area contributed by atoms with E-state index in [1.54, 1.807) is 18.2 Å². The van der Waals surface area contributed by atoms with E-state index >= 15 is 0 Å². The van der Waals surface area contributed by atoms with Gasteiger partial charge in [-0.15, -0.1) is 0 Å². The summed E-state index contributed by atoms with van der Waals surface area (Å²) in [6.45, 7) is 6.60. The van der Waals surface area contributed by atoms with E-state index in [4.69, 9.17) is 31.2 Å². The van der Waals surface area contributed by atoms with E-state index < -0.39 is 5.91 Å². The van der Waals surface area contributed by atoms with Gasteiger partial charge in [-0.1, -0.05) is 43.1 Å². The number of fused-ring (bicyclic) bond motifs is 1. The second-order valence-corrected chi connectivity index (χ2v) is 9.55. The molecule has 0 saturated heterocycles. The Hall–Kier alpha value is -3.30. The summed E-state index contributed by atoms with van der Waals surface area (Å²) in [5.74, 6) is 1.16. The molecule has 35 heavy (non-hydrogen) atoms. The lowest BCUT2D eigenvalue weighted by Gasteiger charge is -2.20. The second-order valence-electron chi connectivity index (χ2n) is 8.16. The number of nitrogens with one attached hydrogen (secondary N) is 1. The molecule has 2 aromatic rings. The average Bonchev–Trinajstić information content (AvgIpc) is 3.26. The normalized spacial score (nSPS) is 16.4. The maximum absolute atomic E-state index is 12.7. The van der Waals surface area contributed by atoms with Gasteiger partial charge in [0.1, 0.15) is 24.0 Å². The van der Waals surface area contributed by atoms with E-state index in [2.05, 4.69) is 10.1 Å². The number of amides is 1. The second kappa shape index (κ2) is 10.5. The Morgan fingerprint density at radius 1 is 1.17 bits per heavy atom. The van der Waals surface area contributed by atoms with Crippen LogP contribution >= 0.6 is 23.4 Å². The van der Waals surface area contributed by atoms with E-state index in [-0.39, 0.29) is 23.9 Å². The minimum atomic E-state index is -0.502. The van der Waals surface area contributed by atoms with Crippen LogP contribution in [-0.4, -0.2) is 47.3 Å². The van der Waals surface area contributed by atoms with Gasteiger partial charge in [0.05, 0.1) is 17.7 Å². The Morgan fingerprint density at radius 2 is 1.89 bits per heavy atom. The molecule has 2 heterocycles. The zero-order valence-electron chi connectivity index (χ0n) is 19.8. The third-order valence-electron chi connectivity index (χ3n) is 5.15. The van der Waals surface area contributed by atoms with E-state index in [1.807, 2.05) is 45.0 Å². The number of carbonyl (C=O) groups is 1. The van der Waals surface area contributed by atoms with Crippen LogP contribution in [0.5, 0.6) is 17.2 Å². The van der Waals surface area contributed by atoms with Gasteiger partial charge in [-0.25, -0.2) is 0 Å². The van der Waals surface area contributed by atoms with Crippen LogP contribution in [0.4, 0.5) is 0 Å². The molecule has 0 bridgehead atoms. The van der Waals surface area contributed by atoms with Crippen LogP contribution in [0.3, 0.4) is 0 Å². The summed E-state index contributed by atoms with van der Waals surface area (Å²) in [5.41, 5.74) is 1.84. The zero-order valence-corrected chi connectivity index (χ0v) is 21.4. The highest BCUT2D eigenvalue weighted by molar-refractivity contribution is 8.27. The Balaban J connectivity index is 1.49. The maximum Gasteiger partial charge on any atom is 0.283 e. The molecule has 2 aliphatic heterocycles. The van der Waals surface area contributed by atoms with Crippen LogP contribution < -0.4 is 14.2 Å². The Labute approximate surface area is 213 Å². The van der Waals surface area contributed by atoms with E-state index in [0.717, 1.165) is 16.4 Å². The predicted molar refractivity (Wildman–Crippen MR) is 140 cm³/mol. The smallest absolute Gasteiger partial charge is 0.283 e. The van der Waals surface area contributed by atoms with E-state index in [9.17, 15) is 4.79 Å². The number of hydrogen-bond donors (Lipinski definition) is 1. The monoisotopic (exact) mass is 512 g/mol. The van der Waals surface area contributed by atoms with Crippen LogP contribution in [-0.2, 0) is 4.79 Å². The van der Waals surface area contributed by atoms with Crippen molar-refractivity contribution in [2.75, 3.05) is 20.3 Å². The highest BCUT2D eigenvalue weighted by Crippen LogP contribution is 2.38. The number of carbonyl (C=O) groups excluding carboxylic acids is 1. The van der Waals surface area contributed by atoms with Crippen LogP contribution in [0.1, 0.15) is 25.0 Å². The fourth-order valence-corrected chi connectivity index (χ4v) is 4.47. The van der Waals surface area contributed by atoms with Gasteiger partial charge in [-0.2, -0.15) is 15.1 Å². The summed E-state index contributed by atoms with van der Waals surface area (Å²) in [5, 5.41) is 15.8. The summed E-state index contributed by atoms with van der Waals surface area (Å²) < 4.78 is 17.0. The molecule has 0 radical (unpaired) electrons. The Morgan fingerprint density at radius 3 is 2.57 bits per heavy atom. The van der Waals surface area contributed by atoms with Crippen LogP contribution in [0, 0.1) is 18.3 Å². The van der Waals surface area contributed by atoms with Crippen molar-refractivity contribution in [1.29, 1.82) is 5.41 Å². The number of amidine groups is 2. The molecule has 1 N–H and O–H groups in total. The molecule has 0 atom stereocenters. The van der Waals surface area contributed by atoms with Gasteiger partial charge in [0.25, 0.3) is 5.91 Å². The van der Waals surface area contributed by atoms with Crippen LogP contribution in [0.25, 0.3) is 6.08 Å². The first-order chi connectivity index (χ1) is 16.8. The van der Waals surface area contributed by atoms with Crippen molar-refractivity contribution in [3.63, 3.8) is 0 Å². The number of aliphatic imine (C=N–C) groups is 1. The van der Waals surface area contributed by atoms with E-state index in [1.165, 1.54) is 23.9 Å². The van der Waals surface area contributed by atoms with Gasteiger partial charge >= 0.3 is 0 Å². The van der Waals surface area contributed by atoms with Crippen LogP contribution in [0.2, 0.25) is 5.02 Å². The quantitative estimate of drug-likeness (QED) is 0.376. The lowest BCUT2D eigenvalue weighted by Crippen LogP contribution is -2.35. The van der Waals surface area contributed by atoms with Crippen molar-refractivity contribution in [1.82, 2.24) is 5.01 Å². The van der Waals surface area contributed by atoms with Crippen molar-refractivity contribution >= 4 is 51.4 Å². The van der Waals surface area contributed by atoms with Gasteiger partial charge in [0.2, 0.25) is 5.17 Å². The van der Waals surface area contributed by atoms with E-state index in [0.29, 0.717) is 33.9 Å². The topological polar surface area (TPSA) is 96.6 Å². The molecule has 0 aliphatic carbocycles. The number of rotatable bonds is 8. The molecule has 0 aromatic heterocycles. The number of methoxy groups -OCH3 is 1. The molecule has 1 amide bonds. The van der Waals surface area contributed by atoms with Crippen molar-refractivity contribution in [3.05, 3.63) is 58.1 Å². The molecule has 4 rings (SSSR count). The first kappa shape index (κ1) is 24.8. The van der Waals surface area contributed by atoms with Crippen molar-refractivity contribution in [2.24, 2.45) is 16.0 Å². The third-order valence-corrected chi connectivity index (χ3v) is 6.64. The Bertz CT molecular complexity index is 1250. The van der Waals surface area contributed by atoms with Crippen molar-refractivity contribution in [3.8, 4) is 17.2 Å². The molecule has 182 valence electrons. The number of nitrogens with zero attached hydrogens (tertiary/aromatic N) is 3. The number of hydrogen-bond acceptors (Lipinski definition) is 7. The molecule has 0 fully saturated rings. The predicted octanol–water partition coefficient (Wildman–Crippen LogP) is 5.39. The zero-order chi connectivity index (χ0) is 25.1. The molecular weight excluding hydrogens is 488 g/mol. The van der Waals surface area contributed by atoms with Crippen LogP contribution in [0.15, 0.2) is 52.1 Å². The molecule has 2 aromatic carbocycles. The highest BCUT2D eigenvalue weighted by Gasteiger charge is 2.36. The standard InChI is InChI=1S/C25H25ClN4O4S/c1-14(2)24-29-30-22(27)18(23(31)28-25(30)35-24)11-16-12-19(26)21(20(13-16)32-4)34-10-9-33-17-7-5-15(3)6-8-17/h5-8,11-14,27H,9-10H2,1-4H3/b18-11-,27-22?. The first-order valence-corrected chi connectivity index (χ1v) is 12.2. The number of aryl methyl sites for hydroxylation is 1. The molecule has 2 aliphatic rings.